The molecule has 0 heterocycles. The molecule has 0 saturated carbocycles. The molecule has 0 saturated heterocycles. The molecule has 100 valence electrons. The Balaban J connectivity index is 2.32. The standard InChI is InChI=1S/C14H14BrNO2S/c1-10-3-8-14(9-11(10)2)19(17,18)16-13-6-4-12(15)5-7-13/h3-9,16H,1-2H3. The minimum Gasteiger partial charge on any atom is -0.280 e. The van der Waals surface area contributed by atoms with Gasteiger partial charge in [0.1, 0.15) is 0 Å². The monoisotopic (exact) mass is 339 g/mol. The summed E-state index contributed by atoms with van der Waals surface area (Å²) in [5, 5.41) is 0. The van der Waals surface area contributed by atoms with Gasteiger partial charge < -0.3 is 0 Å². The molecule has 0 spiro atoms. The van der Waals surface area contributed by atoms with Crippen LogP contribution in [0.15, 0.2) is 51.8 Å². The van der Waals surface area contributed by atoms with E-state index in [1.54, 1.807) is 36.4 Å². The molecule has 0 radical (unpaired) electrons. The van der Waals surface area contributed by atoms with Gasteiger partial charge >= 0.3 is 0 Å². The molecule has 0 aromatic heterocycles. The zero-order chi connectivity index (χ0) is 14.0. The molecule has 2 rings (SSSR count). The normalized spacial score (nSPS) is 11.3. The van der Waals surface area contributed by atoms with Gasteiger partial charge in [-0.15, -0.1) is 0 Å². The summed E-state index contributed by atoms with van der Waals surface area (Å²) in [6.07, 6.45) is 0. The second kappa shape index (κ2) is 5.35. The van der Waals surface area contributed by atoms with Crippen LogP contribution < -0.4 is 4.72 Å². The summed E-state index contributed by atoms with van der Waals surface area (Å²) < 4.78 is 27.9. The fraction of sp³-hybridized carbons (Fsp3) is 0.143. The molecular weight excluding hydrogens is 326 g/mol. The lowest BCUT2D eigenvalue weighted by molar-refractivity contribution is 0.601. The highest BCUT2D eigenvalue weighted by Gasteiger charge is 2.14. The first-order valence-corrected chi connectivity index (χ1v) is 8.02. The van der Waals surface area contributed by atoms with E-state index < -0.39 is 10.0 Å². The lowest BCUT2D eigenvalue weighted by atomic mass is 10.1. The van der Waals surface area contributed by atoms with Gasteiger partial charge in [-0.25, -0.2) is 8.42 Å². The predicted molar refractivity (Wildman–Crippen MR) is 80.9 cm³/mol. The lowest BCUT2D eigenvalue weighted by Crippen LogP contribution is -2.13. The minimum absolute atomic E-state index is 0.276. The first-order valence-electron chi connectivity index (χ1n) is 5.74. The number of benzene rings is 2. The Hall–Kier alpha value is -1.33. The van der Waals surface area contributed by atoms with Crippen molar-refractivity contribution in [2.24, 2.45) is 0 Å². The van der Waals surface area contributed by atoms with Crippen molar-refractivity contribution in [1.82, 2.24) is 0 Å². The van der Waals surface area contributed by atoms with Crippen molar-refractivity contribution in [3.63, 3.8) is 0 Å². The minimum atomic E-state index is -3.53. The third-order valence-corrected chi connectivity index (χ3v) is 4.79. The van der Waals surface area contributed by atoms with Crippen molar-refractivity contribution in [2.45, 2.75) is 18.7 Å². The van der Waals surface area contributed by atoms with Crippen molar-refractivity contribution in [3.8, 4) is 0 Å². The number of hydrogen-bond acceptors (Lipinski definition) is 2. The van der Waals surface area contributed by atoms with Gasteiger partial charge in [0.05, 0.1) is 4.90 Å². The molecule has 1 N–H and O–H groups in total. The fourth-order valence-corrected chi connectivity index (χ4v) is 3.02. The Labute approximate surface area is 121 Å². The van der Waals surface area contributed by atoms with E-state index in [0.717, 1.165) is 15.6 Å². The van der Waals surface area contributed by atoms with Crippen molar-refractivity contribution in [3.05, 3.63) is 58.1 Å². The molecule has 5 heteroatoms. The first kappa shape index (κ1) is 14.1. The summed E-state index contributed by atoms with van der Waals surface area (Å²) >= 11 is 3.31. The van der Waals surface area contributed by atoms with Crippen LogP contribution in [0.25, 0.3) is 0 Å². The Kier molecular flexibility index (Phi) is 3.96. The second-order valence-corrected chi connectivity index (χ2v) is 6.96. The topological polar surface area (TPSA) is 46.2 Å². The SMILES string of the molecule is Cc1ccc(S(=O)(=O)Nc2ccc(Br)cc2)cc1C. The summed E-state index contributed by atoms with van der Waals surface area (Å²) in [5.74, 6) is 0. The highest BCUT2D eigenvalue weighted by atomic mass is 79.9. The number of halogens is 1. The van der Waals surface area contributed by atoms with Gasteiger partial charge in [0.2, 0.25) is 0 Å². The van der Waals surface area contributed by atoms with Crippen molar-refractivity contribution >= 4 is 31.6 Å². The quantitative estimate of drug-likeness (QED) is 0.922. The van der Waals surface area contributed by atoms with Gasteiger partial charge in [0.25, 0.3) is 10.0 Å². The highest BCUT2D eigenvalue weighted by molar-refractivity contribution is 9.10. The van der Waals surface area contributed by atoms with Crippen LogP contribution in [-0.4, -0.2) is 8.42 Å². The summed E-state index contributed by atoms with van der Waals surface area (Å²) in [4.78, 5) is 0.276. The van der Waals surface area contributed by atoms with Crippen molar-refractivity contribution < 1.29 is 8.42 Å². The van der Waals surface area contributed by atoms with Crippen LogP contribution in [0.1, 0.15) is 11.1 Å². The van der Waals surface area contributed by atoms with Gasteiger partial charge in [-0.1, -0.05) is 22.0 Å². The third kappa shape index (κ3) is 3.36. The number of rotatable bonds is 3. The van der Waals surface area contributed by atoms with E-state index in [4.69, 9.17) is 0 Å². The largest absolute Gasteiger partial charge is 0.280 e. The van der Waals surface area contributed by atoms with Crippen LogP contribution in [0.3, 0.4) is 0 Å². The summed E-state index contributed by atoms with van der Waals surface area (Å²) in [6, 6.07) is 12.1. The molecule has 0 amide bonds. The second-order valence-electron chi connectivity index (χ2n) is 4.36. The maximum atomic E-state index is 12.2. The van der Waals surface area contributed by atoms with Crippen molar-refractivity contribution in [1.29, 1.82) is 0 Å². The molecule has 0 fully saturated rings. The van der Waals surface area contributed by atoms with Gasteiger partial charge in [-0.05, 0) is 61.4 Å². The highest BCUT2D eigenvalue weighted by Crippen LogP contribution is 2.20. The Morgan fingerprint density at radius 2 is 1.58 bits per heavy atom. The van der Waals surface area contributed by atoms with Crippen LogP contribution in [0.5, 0.6) is 0 Å². The predicted octanol–water partition coefficient (Wildman–Crippen LogP) is 3.87. The summed E-state index contributed by atoms with van der Waals surface area (Å²) in [5.41, 5.74) is 2.57. The van der Waals surface area contributed by atoms with E-state index in [1.807, 2.05) is 19.9 Å². The van der Waals surface area contributed by atoms with Gasteiger partial charge in [0, 0.05) is 10.2 Å². The molecule has 19 heavy (non-hydrogen) atoms. The smallest absolute Gasteiger partial charge is 0.261 e. The average molecular weight is 340 g/mol. The van der Waals surface area contributed by atoms with E-state index in [2.05, 4.69) is 20.7 Å². The van der Waals surface area contributed by atoms with Gasteiger partial charge in [-0.2, -0.15) is 0 Å². The Morgan fingerprint density at radius 3 is 2.16 bits per heavy atom. The number of hydrogen-bond donors (Lipinski definition) is 1. The zero-order valence-corrected chi connectivity index (χ0v) is 13.0. The molecule has 0 bridgehead atoms. The number of aryl methyl sites for hydroxylation is 2. The van der Waals surface area contributed by atoms with Crippen LogP contribution in [0, 0.1) is 13.8 Å². The number of anilines is 1. The van der Waals surface area contributed by atoms with E-state index in [1.165, 1.54) is 0 Å². The van der Waals surface area contributed by atoms with Gasteiger partial charge in [0.15, 0.2) is 0 Å². The Bertz CT molecular complexity index is 694. The van der Waals surface area contributed by atoms with Crippen LogP contribution >= 0.6 is 15.9 Å². The van der Waals surface area contributed by atoms with Crippen molar-refractivity contribution in [2.75, 3.05) is 4.72 Å². The molecule has 3 nitrogen and oxygen atoms in total. The lowest BCUT2D eigenvalue weighted by Gasteiger charge is -2.09. The van der Waals surface area contributed by atoms with E-state index in [9.17, 15) is 8.42 Å². The van der Waals surface area contributed by atoms with Gasteiger partial charge in [-0.3, -0.25) is 4.72 Å². The van der Waals surface area contributed by atoms with E-state index in [-0.39, 0.29) is 4.90 Å². The number of sulfonamides is 1. The molecule has 0 atom stereocenters. The van der Waals surface area contributed by atoms with Crippen LogP contribution in [0.4, 0.5) is 5.69 Å². The summed E-state index contributed by atoms with van der Waals surface area (Å²) in [6.45, 7) is 3.85. The first-order chi connectivity index (χ1) is 8.88. The average Bonchev–Trinajstić information content (AvgIpc) is 2.35. The molecular formula is C14H14BrNO2S. The molecule has 2 aromatic rings. The third-order valence-electron chi connectivity index (χ3n) is 2.89. The molecule has 0 unspecified atom stereocenters. The number of nitrogens with one attached hydrogen (secondary N) is 1. The molecule has 0 aliphatic carbocycles. The fourth-order valence-electron chi connectivity index (χ4n) is 1.61. The Morgan fingerprint density at radius 1 is 0.947 bits per heavy atom. The van der Waals surface area contributed by atoms with Crippen LogP contribution in [0.2, 0.25) is 0 Å². The molecule has 2 aromatic carbocycles. The maximum absolute atomic E-state index is 12.2. The van der Waals surface area contributed by atoms with E-state index >= 15 is 0 Å². The zero-order valence-electron chi connectivity index (χ0n) is 10.6. The maximum Gasteiger partial charge on any atom is 0.261 e. The molecule has 0 aliphatic rings. The van der Waals surface area contributed by atoms with E-state index in [0.29, 0.717) is 5.69 Å². The summed E-state index contributed by atoms with van der Waals surface area (Å²) in [7, 11) is -3.53. The van der Waals surface area contributed by atoms with Crippen LogP contribution in [-0.2, 0) is 10.0 Å². The molecule has 0 aliphatic heterocycles.